The topological polar surface area (TPSA) is 80.0 Å². The van der Waals surface area contributed by atoms with Gasteiger partial charge in [-0.2, -0.15) is 0 Å². The zero-order chi connectivity index (χ0) is 12.2. The number of nitrogens with one attached hydrogen (secondary N) is 2. The average molecular weight is 247 g/mol. The van der Waals surface area contributed by atoms with Gasteiger partial charge in [0.05, 0.1) is 5.41 Å². The molecule has 1 rings (SSSR count). The summed E-state index contributed by atoms with van der Waals surface area (Å²) in [5, 5.41) is 12.9. The summed E-state index contributed by atoms with van der Waals surface area (Å²) in [6.07, 6.45) is 0. The van der Waals surface area contributed by atoms with Crippen LogP contribution >= 0.6 is 11.6 Å². The zero-order valence-electron chi connectivity index (χ0n) is 9.50. The van der Waals surface area contributed by atoms with Crippen molar-refractivity contribution in [3.63, 3.8) is 0 Å². The second-order valence-corrected chi connectivity index (χ2v) is 4.22. The van der Waals surface area contributed by atoms with E-state index < -0.39 is 5.41 Å². The Hall–Kier alpha value is -1.30. The molecule has 0 aliphatic rings. The highest BCUT2D eigenvalue weighted by Gasteiger charge is 2.26. The van der Waals surface area contributed by atoms with Crippen LogP contribution in [0.5, 0.6) is 0 Å². The predicted molar refractivity (Wildman–Crippen MR) is 60.2 cm³/mol. The number of anilines is 1. The summed E-state index contributed by atoms with van der Waals surface area (Å²) < 4.78 is 5.14. The lowest BCUT2D eigenvalue weighted by Gasteiger charge is -2.21. The Kier molecular flexibility index (Phi) is 4.12. The normalized spacial score (nSPS) is 11.2. The molecular weight excluding hydrogens is 232 g/mol. The number of carbonyl (C=O) groups excluding carboxylic acids is 1. The van der Waals surface area contributed by atoms with Crippen molar-refractivity contribution in [2.24, 2.45) is 5.41 Å². The quantitative estimate of drug-likeness (QED) is 0.758. The first kappa shape index (κ1) is 12.8. The number of nitrogens with zero attached hydrogens (tertiary/aromatic N) is 2. The third-order valence-electron chi connectivity index (χ3n) is 2.10. The fourth-order valence-corrected chi connectivity index (χ4v) is 1.20. The van der Waals surface area contributed by atoms with E-state index in [2.05, 4.69) is 20.8 Å². The lowest BCUT2D eigenvalue weighted by Crippen LogP contribution is -2.39. The SMILES string of the molecule is CNC(=O)C(C)(C)CNc1nnc(CCl)o1. The maximum absolute atomic E-state index is 11.5. The smallest absolute Gasteiger partial charge is 0.315 e. The van der Waals surface area contributed by atoms with Gasteiger partial charge in [-0.3, -0.25) is 4.79 Å². The van der Waals surface area contributed by atoms with Crippen molar-refractivity contribution >= 4 is 23.5 Å². The third kappa shape index (κ3) is 3.10. The van der Waals surface area contributed by atoms with Gasteiger partial charge in [0.25, 0.3) is 0 Å². The predicted octanol–water partition coefficient (Wildman–Crippen LogP) is 0.992. The van der Waals surface area contributed by atoms with Gasteiger partial charge in [-0.05, 0) is 13.8 Å². The van der Waals surface area contributed by atoms with E-state index >= 15 is 0 Å². The van der Waals surface area contributed by atoms with Crippen molar-refractivity contribution in [2.45, 2.75) is 19.7 Å². The molecule has 0 saturated carbocycles. The number of rotatable bonds is 5. The van der Waals surface area contributed by atoms with Gasteiger partial charge in [-0.15, -0.1) is 16.7 Å². The molecule has 7 heteroatoms. The molecule has 0 bridgehead atoms. The summed E-state index contributed by atoms with van der Waals surface area (Å²) in [4.78, 5) is 11.5. The first-order valence-corrected chi connectivity index (χ1v) is 5.37. The highest BCUT2D eigenvalue weighted by molar-refractivity contribution is 6.16. The maximum Gasteiger partial charge on any atom is 0.315 e. The van der Waals surface area contributed by atoms with E-state index in [0.717, 1.165) is 0 Å². The lowest BCUT2D eigenvalue weighted by molar-refractivity contribution is -0.128. The first-order valence-electron chi connectivity index (χ1n) is 4.84. The summed E-state index contributed by atoms with van der Waals surface area (Å²) in [6, 6.07) is 0.271. The van der Waals surface area contributed by atoms with Crippen LogP contribution in [0.2, 0.25) is 0 Å². The summed E-state index contributed by atoms with van der Waals surface area (Å²) in [7, 11) is 1.60. The Morgan fingerprint density at radius 3 is 2.69 bits per heavy atom. The van der Waals surface area contributed by atoms with E-state index in [-0.39, 0.29) is 17.8 Å². The fourth-order valence-electron chi connectivity index (χ4n) is 1.09. The van der Waals surface area contributed by atoms with E-state index in [4.69, 9.17) is 16.0 Å². The summed E-state index contributed by atoms with van der Waals surface area (Å²) in [5.74, 6) is 0.465. The zero-order valence-corrected chi connectivity index (χ0v) is 10.3. The molecule has 0 saturated heterocycles. The molecule has 0 atom stereocenters. The molecular formula is C9H15ClN4O2. The molecule has 0 unspecified atom stereocenters. The number of alkyl halides is 1. The van der Waals surface area contributed by atoms with Crippen LogP contribution in [0.3, 0.4) is 0 Å². The molecule has 1 amide bonds. The minimum Gasteiger partial charge on any atom is -0.407 e. The van der Waals surface area contributed by atoms with E-state index in [1.165, 1.54) is 0 Å². The standard InChI is InChI=1S/C9H15ClN4O2/c1-9(2,7(15)11-3)5-12-8-14-13-6(4-10)16-8/h4-5H2,1-3H3,(H,11,15)(H,12,14). The van der Waals surface area contributed by atoms with Gasteiger partial charge >= 0.3 is 6.01 Å². The van der Waals surface area contributed by atoms with Crippen LogP contribution in [0.15, 0.2) is 4.42 Å². The second kappa shape index (κ2) is 5.16. The number of halogens is 1. The molecule has 90 valence electrons. The second-order valence-electron chi connectivity index (χ2n) is 3.95. The maximum atomic E-state index is 11.5. The first-order chi connectivity index (χ1) is 7.49. The van der Waals surface area contributed by atoms with E-state index in [9.17, 15) is 4.79 Å². The molecule has 0 aromatic carbocycles. The summed E-state index contributed by atoms with van der Waals surface area (Å²) >= 11 is 5.52. The Bertz CT molecular complexity index is 364. The van der Waals surface area contributed by atoms with Gasteiger partial charge in [0, 0.05) is 13.6 Å². The average Bonchev–Trinajstić information content (AvgIpc) is 2.73. The van der Waals surface area contributed by atoms with Crippen molar-refractivity contribution in [3.8, 4) is 0 Å². The molecule has 0 aliphatic carbocycles. The van der Waals surface area contributed by atoms with E-state index in [1.54, 1.807) is 7.05 Å². The van der Waals surface area contributed by atoms with Crippen molar-refractivity contribution in [1.29, 1.82) is 0 Å². The highest BCUT2D eigenvalue weighted by Crippen LogP contribution is 2.16. The molecule has 1 aromatic rings. The number of hydrogen-bond acceptors (Lipinski definition) is 5. The molecule has 1 aromatic heterocycles. The van der Waals surface area contributed by atoms with Gasteiger partial charge in [0.1, 0.15) is 5.88 Å². The molecule has 0 spiro atoms. The van der Waals surface area contributed by atoms with Crippen molar-refractivity contribution in [2.75, 3.05) is 18.9 Å². The van der Waals surface area contributed by atoms with Crippen molar-refractivity contribution in [1.82, 2.24) is 15.5 Å². The monoisotopic (exact) mass is 246 g/mol. The largest absolute Gasteiger partial charge is 0.407 e. The molecule has 0 aliphatic heterocycles. The van der Waals surface area contributed by atoms with Gasteiger partial charge in [0.2, 0.25) is 11.8 Å². The van der Waals surface area contributed by atoms with Gasteiger partial charge in [-0.25, -0.2) is 0 Å². The Morgan fingerprint density at radius 2 is 2.19 bits per heavy atom. The van der Waals surface area contributed by atoms with Crippen molar-refractivity contribution < 1.29 is 9.21 Å². The number of carbonyl (C=O) groups is 1. The van der Waals surface area contributed by atoms with Gasteiger partial charge in [-0.1, -0.05) is 5.10 Å². The molecule has 0 radical (unpaired) electrons. The fraction of sp³-hybridized carbons (Fsp3) is 0.667. The van der Waals surface area contributed by atoms with E-state index in [0.29, 0.717) is 12.4 Å². The minimum absolute atomic E-state index is 0.0583. The minimum atomic E-state index is -0.551. The summed E-state index contributed by atoms with van der Waals surface area (Å²) in [6.45, 7) is 4.03. The van der Waals surface area contributed by atoms with Crippen LogP contribution in [0.25, 0.3) is 0 Å². The van der Waals surface area contributed by atoms with Gasteiger partial charge in [0.15, 0.2) is 0 Å². The molecule has 16 heavy (non-hydrogen) atoms. The van der Waals surface area contributed by atoms with Crippen LogP contribution in [0.4, 0.5) is 6.01 Å². The lowest BCUT2D eigenvalue weighted by atomic mass is 9.92. The van der Waals surface area contributed by atoms with Crippen LogP contribution in [0.1, 0.15) is 19.7 Å². The number of hydrogen-bond donors (Lipinski definition) is 2. The molecule has 0 fully saturated rings. The molecule has 1 heterocycles. The number of aromatic nitrogens is 2. The van der Waals surface area contributed by atoms with Crippen LogP contribution < -0.4 is 10.6 Å². The third-order valence-corrected chi connectivity index (χ3v) is 2.33. The molecule has 6 nitrogen and oxygen atoms in total. The summed E-state index contributed by atoms with van der Waals surface area (Å²) in [5.41, 5.74) is -0.551. The number of amides is 1. The van der Waals surface area contributed by atoms with Crippen LogP contribution in [-0.2, 0) is 10.7 Å². The van der Waals surface area contributed by atoms with Crippen LogP contribution in [-0.4, -0.2) is 29.7 Å². The van der Waals surface area contributed by atoms with Crippen LogP contribution in [0, 0.1) is 5.41 Å². The van der Waals surface area contributed by atoms with E-state index in [1.807, 2.05) is 13.8 Å². The van der Waals surface area contributed by atoms with Crippen molar-refractivity contribution in [3.05, 3.63) is 5.89 Å². The molecule has 2 N–H and O–H groups in total. The van der Waals surface area contributed by atoms with Gasteiger partial charge < -0.3 is 15.1 Å². The highest BCUT2D eigenvalue weighted by atomic mass is 35.5. The Labute approximate surface area is 98.8 Å². The Morgan fingerprint density at radius 1 is 1.50 bits per heavy atom. The Balaban J connectivity index is 2.53.